The average Bonchev–Trinajstić information content (AvgIpc) is 2.79. The van der Waals surface area contributed by atoms with Crippen molar-refractivity contribution in [3.05, 3.63) is 65.2 Å². The lowest BCUT2D eigenvalue weighted by molar-refractivity contribution is 0.0540. The minimum Gasteiger partial charge on any atom is -0.352 e. The van der Waals surface area contributed by atoms with Gasteiger partial charge in [0, 0.05) is 31.0 Å². The fourth-order valence-corrected chi connectivity index (χ4v) is 4.13. The third-order valence-electron chi connectivity index (χ3n) is 5.68. The van der Waals surface area contributed by atoms with Crippen LogP contribution in [0, 0.1) is 12.8 Å². The van der Waals surface area contributed by atoms with Crippen LogP contribution >= 0.6 is 11.6 Å². The lowest BCUT2D eigenvalue weighted by Crippen LogP contribution is -2.51. The van der Waals surface area contributed by atoms with Crippen LogP contribution in [0.4, 0.5) is 5.95 Å². The van der Waals surface area contributed by atoms with E-state index in [1.165, 1.54) is 0 Å². The highest BCUT2D eigenvalue weighted by Crippen LogP contribution is 2.29. The Labute approximate surface area is 186 Å². The van der Waals surface area contributed by atoms with E-state index in [2.05, 4.69) is 32.2 Å². The number of carbonyl (C=O) groups is 1. The number of nitrogens with zero attached hydrogens (tertiary/aromatic N) is 5. The molecule has 0 radical (unpaired) electrons. The van der Waals surface area contributed by atoms with Crippen molar-refractivity contribution in [3.63, 3.8) is 0 Å². The second-order valence-corrected chi connectivity index (χ2v) is 8.35. The zero-order valence-corrected chi connectivity index (χ0v) is 18.4. The Hall–Kier alpha value is -3.06. The number of anilines is 1. The molecule has 1 amide bonds. The summed E-state index contributed by atoms with van der Waals surface area (Å²) in [4.78, 5) is 32.8. The lowest BCUT2D eigenvalue weighted by Gasteiger charge is -2.40. The highest BCUT2D eigenvalue weighted by molar-refractivity contribution is 6.30. The summed E-state index contributed by atoms with van der Waals surface area (Å²) in [6.45, 7) is 5.46. The van der Waals surface area contributed by atoms with Gasteiger partial charge in [-0.25, -0.2) is 19.9 Å². The first kappa shape index (κ1) is 21.2. The van der Waals surface area contributed by atoms with Gasteiger partial charge in [-0.3, -0.25) is 4.79 Å². The SMILES string of the molecule is Cc1ccc(C(=O)N2CCC[C@@H](C)[C@H]2CNc2ncc(Cl)cn2)c(-c2ncccn2)c1. The highest BCUT2D eigenvalue weighted by atomic mass is 35.5. The maximum Gasteiger partial charge on any atom is 0.254 e. The molecular weight excluding hydrogens is 412 g/mol. The predicted octanol–water partition coefficient (Wildman–Crippen LogP) is 4.25. The molecule has 1 saturated heterocycles. The van der Waals surface area contributed by atoms with E-state index in [1.807, 2.05) is 30.0 Å². The van der Waals surface area contributed by atoms with Crippen LogP contribution in [-0.2, 0) is 0 Å². The molecule has 1 aromatic carbocycles. The molecule has 4 rings (SSSR count). The molecule has 2 atom stereocenters. The van der Waals surface area contributed by atoms with Gasteiger partial charge in [-0.15, -0.1) is 0 Å². The van der Waals surface area contributed by atoms with Gasteiger partial charge in [0.1, 0.15) is 0 Å². The summed E-state index contributed by atoms with van der Waals surface area (Å²) in [5, 5.41) is 3.75. The van der Waals surface area contributed by atoms with Crippen LogP contribution in [0.1, 0.15) is 35.7 Å². The predicted molar refractivity (Wildman–Crippen MR) is 121 cm³/mol. The van der Waals surface area contributed by atoms with Crippen LogP contribution in [0.15, 0.2) is 49.1 Å². The van der Waals surface area contributed by atoms with Crippen molar-refractivity contribution in [1.29, 1.82) is 0 Å². The Bertz CT molecular complexity index is 1040. The summed E-state index contributed by atoms with van der Waals surface area (Å²) < 4.78 is 0. The van der Waals surface area contributed by atoms with Gasteiger partial charge >= 0.3 is 0 Å². The smallest absolute Gasteiger partial charge is 0.254 e. The minimum atomic E-state index is -0.00201. The Morgan fingerprint density at radius 2 is 1.94 bits per heavy atom. The molecule has 0 aliphatic carbocycles. The zero-order chi connectivity index (χ0) is 21.8. The van der Waals surface area contributed by atoms with Gasteiger partial charge in [0.2, 0.25) is 5.95 Å². The number of carbonyl (C=O) groups excluding carboxylic acids is 1. The van der Waals surface area contributed by atoms with Crippen LogP contribution in [0.2, 0.25) is 5.02 Å². The standard InChI is InChI=1S/C23H25ClN6O/c1-15-6-7-18(19(11-15)21-25-8-4-9-26-21)22(31)30-10-3-5-16(2)20(30)14-29-23-27-12-17(24)13-28-23/h4,6-9,11-13,16,20H,3,5,10,14H2,1-2H3,(H,27,28,29)/t16-,20-/m1/s1. The number of nitrogens with one attached hydrogen (secondary N) is 1. The van der Waals surface area contributed by atoms with Gasteiger partial charge in [-0.1, -0.05) is 30.2 Å². The van der Waals surface area contributed by atoms with Crippen molar-refractivity contribution in [2.75, 3.05) is 18.4 Å². The van der Waals surface area contributed by atoms with E-state index >= 15 is 0 Å². The second kappa shape index (κ2) is 9.39. The summed E-state index contributed by atoms with van der Waals surface area (Å²) in [5.74, 6) is 1.41. The molecule has 1 fully saturated rings. The van der Waals surface area contributed by atoms with Gasteiger partial charge in [0.15, 0.2) is 5.82 Å². The maximum absolute atomic E-state index is 13.7. The van der Waals surface area contributed by atoms with E-state index in [1.54, 1.807) is 30.9 Å². The molecule has 1 aliphatic heterocycles. The number of aromatic nitrogens is 4. The quantitative estimate of drug-likeness (QED) is 0.643. The normalized spacial score (nSPS) is 18.6. The van der Waals surface area contributed by atoms with Gasteiger partial charge in [0.05, 0.1) is 29.0 Å². The third kappa shape index (κ3) is 4.82. The van der Waals surface area contributed by atoms with E-state index in [0.29, 0.717) is 41.4 Å². The first-order chi connectivity index (χ1) is 15.0. The fourth-order valence-electron chi connectivity index (χ4n) is 4.03. The molecule has 3 heterocycles. The van der Waals surface area contributed by atoms with Crippen molar-refractivity contribution in [3.8, 4) is 11.4 Å². The number of benzene rings is 1. The molecule has 1 N–H and O–H groups in total. The van der Waals surface area contributed by atoms with E-state index in [4.69, 9.17) is 11.6 Å². The Morgan fingerprint density at radius 1 is 1.19 bits per heavy atom. The molecule has 3 aromatic rings. The Kier molecular flexibility index (Phi) is 6.42. The molecule has 0 saturated carbocycles. The van der Waals surface area contributed by atoms with Crippen molar-refractivity contribution in [2.24, 2.45) is 5.92 Å². The first-order valence-electron chi connectivity index (χ1n) is 10.4. The van der Waals surface area contributed by atoms with E-state index in [-0.39, 0.29) is 11.9 Å². The topological polar surface area (TPSA) is 83.9 Å². The zero-order valence-electron chi connectivity index (χ0n) is 17.6. The van der Waals surface area contributed by atoms with Crippen LogP contribution in [0.3, 0.4) is 0 Å². The van der Waals surface area contributed by atoms with E-state index in [0.717, 1.165) is 24.0 Å². The van der Waals surface area contributed by atoms with Gasteiger partial charge < -0.3 is 10.2 Å². The van der Waals surface area contributed by atoms with Crippen LogP contribution in [-0.4, -0.2) is 49.9 Å². The fraction of sp³-hybridized carbons (Fsp3) is 0.348. The number of rotatable bonds is 5. The molecule has 0 spiro atoms. The summed E-state index contributed by atoms with van der Waals surface area (Å²) in [6.07, 6.45) is 8.55. The number of amides is 1. The Balaban J connectivity index is 1.61. The largest absolute Gasteiger partial charge is 0.352 e. The highest BCUT2D eigenvalue weighted by Gasteiger charge is 2.33. The minimum absolute atomic E-state index is 0.00201. The maximum atomic E-state index is 13.7. The van der Waals surface area contributed by atoms with Crippen molar-refractivity contribution in [1.82, 2.24) is 24.8 Å². The average molecular weight is 437 g/mol. The molecule has 31 heavy (non-hydrogen) atoms. The van der Waals surface area contributed by atoms with E-state index < -0.39 is 0 Å². The summed E-state index contributed by atoms with van der Waals surface area (Å²) >= 11 is 5.88. The number of likely N-dealkylation sites (tertiary alicyclic amines) is 1. The second-order valence-electron chi connectivity index (χ2n) is 7.91. The molecule has 0 bridgehead atoms. The van der Waals surface area contributed by atoms with Crippen LogP contribution in [0.25, 0.3) is 11.4 Å². The number of piperidine rings is 1. The van der Waals surface area contributed by atoms with Gasteiger partial charge in [-0.05, 0) is 43.9 Å². The molecule has 7 nitrogen and oxygen atoms in total. The number of aryl methyl sites for hydroxylation is 1. The van der Waals surface area contributed by atoms with Gasteiger partial charge in [-0.2, -0.15) is 0 Å². The van der Waals surface area contributed by atoms with Crippen molar-refractivity contribution < 1.29 is 4.79 Å². The summed E-state index contributed by atoms with van der Waals surface area (Å²) in [5.41, 5.74) is 2.44. The molecule has 1 aliphatic rings. The van der Waals surface area contributed by atoms with Crippen LogP contribution < -0.4 is 5.32 Å². The van der Waals surface area contributed by atoms with Crippen LogP contribution in [0.5, 0.6) is 0 Å². The first-order valence-corrected chi connectivity index (χ1v) is 10.8. The molecule has 2 aromatic heterocycles. The summed E-state index contributed by atoms with van der Waals surface area (Å²) in [7, 11) is 0. The lowest BCUT2D eigenvalue weighted by atomic mass is 9.89. The number of hydrogen-bond acceptors (Lipinski definition) is 6. The monoisotopic (exact) mass is 436 g/mol. The van der Waals surface area contributed by atoms with Gasteiger partial charge in [0.25, 0.3) is 5.91 Å². The molecular formula is C23H25ClN6O. The molecule has 0 unspecified atom stereocenters. The Morgan fingerprint density at radius 3 is 2.68 bits per heavy atom. The summed E-state index contributed by atoms with van der Waals surface area (Å²) in [6, 6.07) is 7.61. The van der Waals surface area contributed by atoms with E-state index in [9.17, 15) is 4.79 Å². The molecule has 160 valence electrons. The molecule has 8 heteroatoms. The third-order valence-corrected chi connectivity index (χ3v) is 5.87. The number of hydrogen-bond donors (Lipinski definition) is 1. The number of halogens is 1. The van der Waals surface area contributed by atoms with Crippen molar-refractivity contribution in [2.45, 2.75) is 32.7 Å². The van der Waals surface area contributed by atoms with Crippen molar-refractivity contribution >= 4 is 23.5 Å².